The molecule has 0 saturated heterocycles. The van der Waals surface area contributed by atoms with Crippen molar-refractivity contribution in [3.8, 4) is 0 Å². The van der Waals surface area contributed by atoms with E-state index in [4.69, 9.17) is 0 Å². The Labute approximate surface area is 123 Å². The monoisotopic (exact) mass is 314 g/mol. The molecule has 1 aromatic rings. The van der Waals surface area contributed by atoms with Gasteiger partial charge in [0.2, 0.25) is 16.6 Å². The normalized spacial score (nSPS) is 11.7. The first-order valence-corrected chi connectivity index (χ1v) is 7.97. The van der Waals surface area contributed by atoms with E-state index in [1.165, 1.54) is 7.05 Å². The molecule has 0 heterocycles. The summed E-state index contributed by atoms with van der Waals surface area (Å²) >= 11 is 0. The van der Waals surface area contributed by atoms with Crippen LogP contribution in [0, 0.1) is 10.1 Å². The number of hydrogen-bond donors (Lipinski definition) is 2. The highest BCUT2D eigenvalue weighted by Gasteiger charge is 2.07. The highest BCUT2D eigenvalue weighted by molar-refractivity contribution is 7.88. The number of hydrazone groups is 1. The van der Waals surface area contributed by atoms with Crippen LogP contribution in [-0.2, 0) is 15.8 Å². The standard InChI is InChI=1S/C12H18N4O4S/c1-13-21(19,20)10-11-4-6-12(7-5-11)15-14-8-2-3-9-16(17)18/h4-8,13,15H,2-3,9-10H2,1H3/b14-8+. The number of sulfonamides is 1. The molecule has 0 aliphatic rings. The van der Waals surface area contributed by atoms with Gasteiger partial charge in [-0.3, -0.25) is 15.5 Å². The fourth-order valence-electron chi connectivity index (χ4n) is 1.46. The van der Waals surface area contributed by atoms with Crippen LogP contribution in [0.5, 0.6) is 0 Å². The molecule has 0 unspecified atom stereocenters. The van der Waals surface area contributed by atoms with Gasteiger partial charge < -0.3 is 0 Å². The fourth-order valence-corrected chi connectivity index (χ4v) is 2.24. The SMILES string of the molecule is CNS(=O)(=O)Cc1ccc(N/N=C/CCC[N+](=O)[O-])cc1. The molecule has 9 heteroatoms. The van der Waals surface area contributed by atoms with E-state index in [-0.39, 0.29) is 17.2 Å². The van der Waals surface area contributed by atoms with E-state index in [9.17, 15) is 18.5 Å². The summed E-state index contributed by atoms with van der Waals surface area (Å²) in [5.74, 6) is -0.0755. The Bertz CT molecular complexity index is 584. The van der Waals surface area contributed by atoms with Crippen LogP contribution in [-0.4, -0.2) is 33.1 Å². The van der Waals surface area contributed by atoms with E-state index < -0.39 is 10.0 Å². The van der Waals surface area contributed by atoms with Crippen molar-refractivity contribution in [3.63, 3.8) is 0 Å². The number of hydrogen-bond acceptors (Lipinski definition) is 6. The third kappa shape index (κ3) is 7.37. The van der Waals surface area contributed by atoms with Gasteiger partial charge in [0.05, 0.1) is 11.4 Å². The molecule has 0 atom stereocenters. The molecule has 0 aliphatic carbocycles. The summed E-state index contributed by atoms with van der Waals surface area (Å²) in [6.45, 7) is -0.0688. The van der Waals surface area contributed by atoms with Gasteiger partial charge in [0, 0.05) is 17.6 Å². The van der Waals surface area contributed by atoms with Crippen LogP contribution in [0.25, 0.3) is 0 Å². The van der Waals surface area contributed by atoms with Crippen molar-refractivity contribution >= 4 is 21.9 Å². The van der Waals surface area contributed by atoms with Crippen LogP contribution >= 0.6 is 0 Å². The number of rotatable bonds is 9. The van der Waals surface area contributed by atoms with E-state index in [0.29, 0.717) is 24.1 Å². The Kier molecular flexibility index (Phi) is 6.76. The number of unbranched alkanes of at least 4 members (excludes halogenated alkanes) is 1. The van der Waals surface area contributed by atoms with Gasteiger partial charge in [-0.2, -0.15) is 5.10 Å². The zero-order valence-corrected chi connectivity index (χ0v) is 12.5. The van der Waals surface area contributed by atoms with Crippen molar-refractivity contribution < 1.29 is 13.3 Å². The lowest BCUT2D eigenvalue weighted by Crippen LogP contribution is -2.20. The second-order valence-electron chi connectivity index (χ2n) is 4.28. The third-order valence-electron chi connectivity index (χ3n) is 2.58. The minimum atomic E-state index is -3.27. The Morgan fingerprint density at radius 2 is 2.00 bits per heavy atom. The summed E-state index contributed by atoms with van der Waals surface area (Å²) in [7, 11) is -1.90. The summed E-state index contributed by atoms with van der Waals surface area (Å²) in [4.78, 5) is 9.74. The van der Waals surface area contributed by atoms with Crippen LogP contribution in [0.15, 0.2) is 29.4 Å². The van der Waals surface area contributed by atoms with E-state index >= 15 is 0 Å². The maximum Gasteiger partial charge on any atom is 0.215 e. The molecule has 0 amide bonds. The lowest BCUT2D eigenvalue weighted by molar-refractivity contribution is -0.480. The molecule has 1 rings (SSSR count). The number of nitrogens with zero attached hydrogens (tertiary/aromatic N) is 2. The molecule has 0 aliphatic heterocycles. The molecule has 0 saturated carbocycles. The van der Waals surface area contributed by atoms with E-state index in [1.54, 1.807) is 30.5 Å². The van der Waals surface area contributed by atoms with Gasteiger partial charge in [0.1, 0.15) is 0 Å². The van der Waals surface area contributed by atoms with E-state index in [2.05, 4.69) is 15.2 Å². The second-order valence-corrected chi connectivity index (χ2v) is 6.21. The van der Waals surface area contributed by atoms with Crippen LogP contribution in [0.4, 0.5) is 5.69 Å². The number of nitrogens with one attached hydrogen (secondary N) is 2. The van der Waals surface area contributed by atoms with Crippen molar-refractivity contribution in [1.82, 2.24) is 4.72 Å². The van der Waals surface area contributed by atoms with Gasteiger partial charge in [-0.05, 0) is 31.2 Å². The van der Waals surface area contributed by atoms with Gasteiger partial charge in [-0.25, -0.2) is 13.1 Å². The van der Waals surface area contributed by atoms with E-state index in [0.717, 1.165) is 0 Å². The molecule has 0 aromatic heterocycles. The average molecular weight is 314 g/mol. The zero-order chi connectivity index (χ0) is 15.7. The molecule has 0 radical (unpaired) electrons. The minimum Gasteiger partial charge on any atom is -0.279 e. The molecule has 21 heavy (non-hydrogen) atoms. The van der Waals surface area contributed by atoms with Gasteiger partial charge >= 0.3 is 0 Å². The van der Waals surface area contributed by atoms with Crippen molar-refractivity contribution in [1.29, 1.82) is 0 Å². The molecular formula is C12H18N4O4S. The zero-order valence-electron chi connectivity index (χ0n) is 11.7. The van der Waals surface area contributed by atoms with Crippen LogP contribution < -0.4 is 10.1 Å². The van der Waals surface area contributed by atoms with Gasteiger partial charge in [-0.15, -0.1) is 0 Å². The topological polar surface area (TPSA) is 114 Å². The van der Waals surface area contributed by atoms with Gasteiger partial charge in [0.15, 0.2) is 0 Å². The molecule has 0 spiro atoms. The predicted molar refractivity (Wildman–Crippen MR) is 81.3 cm³/mol. The van der Waals surface area contributed by atoms with Gasteiger partial charge in [0.25, 0.3) is 0 Å². The van der Waals surface area contributed by atoms with Crippen molar-refractivity contribution in [2.75, 3.05) is 19.0 Å². The molecule has 116 valence electrons. The molecule has 2 N–H and O–H groups in total. The highest BCUT2D eigenvalue weighted by atomic mass is 32.2. The van der Waals surface area contributed by atoms with Gasteiger partial charge in [-0.1, -0.05) is 12.1 Å². The predicted octanol–water partition coefficient (Wildman–Crippen LogP) is 1.19. The maximum atomic E-state index is 11.4. The molecule has 0 bridgehead atoms. The lowest BCUT2D eigenvalue weighted by Gasteiger charge is -2.04. The molecular weight excluding hydrogens is 296 g/mol. The van der Waals surface area contributed by atoms with Crippen molar-refractivity contribution in [2.45, 2.75) is 18.6 Å². The minimum absolute atomic E-state index is 0.0688. The van der Waals surface area contributed by atoms with Crippen LogP contribution in [0.3, 0.4) is 0 Å². The summed E-state index contributed by atoms with van der Waals surface area (Å²) < 4.78 is 25.0. The second kappa shape index (κ2) is 8.32. The largest absolute Gasteiger partial charge is 0.279 e. The first kappa shape index (κ1) is 17.1. The number of benzene rings is 1. The first-order valence-electron chi connectivity index (χ1n) is 6.32. The first-order chi connectivity index (χ1) is 9.93. The quantitative estimate of drug-likeness (QED) is 0.307. The Morgan fingerprint density at radius 1 is 1.33 bits per heavy atom. The molecule has 8 nitrogen and oxygen atoms in total. The smallest absolute Gasteiger partial charge is 0.215 e. The average Bonchev–Trinajstić information content (AvgIpc) is 2.44. The fraction of sp³-hybridized carbons (Fsp3) is 0.417. The van der Waals surface area contributed by atoms with Crippen LogP contribution in [0.1, 0.15) is 18.4 Å². The maximum absolute atomic E-state index is 11.4. The van der Waals surface area contributed by atoms with Crippen molar-refractivity contribution in [3.05, 3.63) is 39.9 Å². The highest BCUT2D eigenvalue weighted by Crippen LogP contribution is 2.11. The number of nitro groups is 1. The lowest BCUT2D eigenvalue weighted by atomic mass is 10.2. The summed E-state index contributed by atoms with van der Waals surface area (Å²) in [5, 5.41) is 14.0. The van der Waals surface area contributed by atoms with Crippen molar-refractivity contribution in [2.24, 2.45) is 5.10 Å². The summed E-state index contributed by atoms with van der Waals surface area (Å²) in [5.41, 5.74) is 4.16. The van der Waals surface area contributed by atoms with Crippen LogP contribution in [0.2, 0.25) is 0 Å². The third-order valence-corrected chi connectivity index (χ3v) is 3.92. The Morgan fingerprint density at radius 3 is 2.57 bits per heavy atom. The summed E-state index contributed by atoms with van der Waals surface area (Å²) in [6, 6.07) is 6.82. The Balaban J connectivity index is 2.41. The Hall–Kier alpha value is -2.00. The summed E-state index contributed by atoms with van der Waals surface area (Å²) in [6.07, 6.45) is 2.54. The number of anilines is 1. The molecule has 1 aromatic carbocycles. The van der Waals surface area contributed by atoms with E-state index in [1.807, 2.05) is 0 Å². The molecule has 0 fully saturated rings.